The van der Waals surface area contributed by atoms with E-state index in [9.17, 15) is 9.18 Å². The average Bonchev–Trinajstić information content (AvgIpc) is 3.06. The Kier molecular flexibility index (Phi) is 4.64. The summed E-state index contributed by atoms with van der Waals surface area (Å²) in [5.41, 5.74) is 2.56. The van der Waals surface area contributed by atoms with Gasteiger partial charge in [0, 0.05) is 36.3 Å². The number of nitrogens with zero attached hydrogens (tertiary/aromatic N) is 1. The van der Waals surface area contributed by atoms with Crippen LogP contribution in [-0.4, -0.2) is 36.7 Å². The molecule has 0 bridgehead atoms. The molecule has 1 amide bonds. The first-order valence-electron chi connectivity index (χ1n) is 8.45. The highest BCUT2D eigenvalue weighted by Gasteiger charge is 2.17. The van der Waals surface area contributed by atoms with Crippen molar-refractivity contribution in [1.29, 1.82) is 0 Å². The van der Waals surface area contributed by atoms with E-state index in [1.165, 1.54) is 12.1 Å². The quantitative estimate of drug-likeness (QED) is 0.752. The van der Waals surface area contributed by atoms with E-state index in [0.717, 1.165) is 6.54 Å². The van der Waals surface area contributed by atoms with Gasteiger partial charge in [-0.05, 0) is 36.4 Å². The van der Waals surface area contributed by atoms with Gasteiger partial charge >= 0.3 is 0 Å². The van der Waals surface area contributed by atoms with Crippen molar-refractivity contribution in [3.63, 3.8) is 0 Å². The first-order valence-corrected chi connectivity index (χ1v) is 8.45. The molecule has 2 aromatic carbocycles. The highest BCUT2D eigenvalue weighted by Crippen LogP contribution is 2.26. The highest BCUT2D eigenvalue weighted by molar-refractivity contribution is 5.93. The molecule has 0 saturated carbocycles. The van der Waals surface area contributed by atoms with Crippen molar-refractivity contribution in [2.45, 2.75) is 12.5 Å². The van der Waals surface area contributed by atoms with Crippen LogP contribution in [0.2, 0.25) is 0 Å². The summed E-state index contributed by atoms with van der Waals surface area (Å²) in [6.07, 6.45) is 0.343. The first kappa shape index (κ1) is 16.7. The lowest BCUT2D eigenvalue weighted by Crippen LogP contribution is -2.43. The number of hydrogen-bond acceptors (Lipinski definition) is 5. The number of benzene rings is 2. The summed E-state index contributed by atoms with van der Waals surface area (Å²) in [5, 5.41) is 6.12. The third-order valence-electron chi connectivity index (χ3n) is 4.19. The summed E-state index contributed by atoms with van der Waals surface area (Å²) >= 11 is 0. The number of fused-ring (bicyclic) bond motifs is 1. The van der Waals surface area contributed by atoms with Crippen LogP contribution in [0.3, 0.4) is 0 Å². The fourth-order valence-corrected chi connectivity index (χ4v) is 2.90. The Morgan fingerprint density at radius 2 is 2.12 bits per heavy atom. The van der Waals surface area contributed by atoms with Gasteiger partial charge in [-0.2, -0.15) is 0 Å². The lowest BCUT2D eigenvalue weighted by Gasteiger charge is -2.23. The van der Waals surface area contributed by atoms with Crippen LogP contribution >= 0.6 is 0 Å². The fourth-order valence-electron chi connectivity index (χ4n) is 2.90. The molecule has 1 unspecified atom stereocenters. The summed E-state index contributed by atoms with van der Waals surface area (Å²) < 4.78 is 24.1. The maximum Gasteiger partial charge on any atom is 0.227 e. The molecule has 1 saturated heterocycles. The van der Waals surface area contributed by atoms with Crippen LogP contribution in [0.5, 0.6) is 0 Å². The molecule has 0 aliphatic carbocycles. The van der Waals surface area contributed by atoms with Gasteiger partial charge in [0.2, 0.25) is 11.8 Å². The maximum absolute atomic E-state index is 13.0. The molecule has 1 aromatic heterocycles. The van der Waals surface area contributed by atoms with E-state index in [-0.39, 0.29) is 17.8 Å². The van der Waals surface area contributed by atoms with Gasteiger partial charge in [-0.1, -0.05) is 0 Å². The van der Waals surface area contributed by atoms with Gasteiger partial charge in [0.1, 0.15) is 11.3 Å². The van der Waals surface area contributed by atoms with Crippen LogP contribution in [0.15, 0.2) is 46.9 Å². The zero-order valence-corrected chi connectivity index (χ0v) is 14.0. The fraction of sp³-hybridized carbons (Fsp3) is 0.263. The number of carbonyl (C=O) groups is 1. The minimum Gasteiger partial charge on any atom is -0.436 e. The second kappa shape index (κ2) is 7.23. The molecular weight excluding hydrogens is 337 g/mol. The molecule has 0 spiro atoms. The van der Waals surface area contributed by atoms with E-state index in [0.29, 0.717) is 47.9 Å². The zero-order valence-electron chi connectivity index (χ0n) is 14.0. The van der Waals surface area contributed by atoms with Crippen LogP contribution in [0, 0.1) is 5.82 Å². The second-order valence-electron chi connectivity index (χ2n) is 6.19. The number of carbonyl (C=O) groups excluding carboxylic acids is 1. The lowest BCUT2D eigenvalue weighted by molar-refractivity contribution is -0.117. The van der Waals surface area contributed by atoms with E-state index in [4.69, 9.17) is 9.15 Å². The van der Waals surface area contributed by atoms with E-state index >= 15 is 0 Å². The van der Waals surface area contributed by atoms with Crippen molar-refractivity contribution in [3.8, 4) is 11.5 Å². The van der Waals surface area contributed by atoms with Gasteiger partial charge in [0.15, 0.2) is 5.58 Å². The van der Waals surface area contributed by atoms with Crippen molar-refractivity contribution in [2.75, 3.05) is 25.1 Å². The normalized spacial score (nSPS) is 17.3. The molecule has 7 heteroatoms. The molecule has 0 radical (unpaired) electrons. The van der Waals surface area contributed by atoms with Crippen molar-refractivity contribution >= 4 is 22.7 Å². The average molecular weight is 355 g/mol. The summed E-state index contributed by atoms with van der Waals surface area (Å²) in [6.45, 7) is 1.97. The summed E-state index contributed by atoms with van der Waals surface area (Å²) in [7, 11) is 0. The maximum atomic E-state index is 13.0. The Morgan fingerprint density at radius 1 is 1.27 bits per heavy atom. The van der Waals surface area contributed by atoms with Crippen molar-refractivity contribution in [2.24, 2.45) is 0 Å². The van der Waals surface area contributed by atoms with Gasteiger partial charge in [0.25, 0.3) is 0 Å². The molecule has 1 aliphatic heterocycles. The minimum absolute atomic E-state index is 0.0304. The predicted octanol–water partition coefficient (Wildman–Crippen LogP) is 2.95. The number of aromatic nitrogens is 1. The lowest BCUT2D eigenvalue weighted by atomic mass is 10.2. The number of anilines is 1. The van der Waals surface area contributed by atoms with Gasteiger partial charge in [0.05, 0.1) is 13.2 Å². The number of morpholine rings is 1. The topological polar surface area (TPSA) is 76.4 Å². The minimum atomic E-state index is -0.312. The van der Waals surface area contributed by atoms with Gasteiger partial charge in [-0.3, -0.25) is 4.79 Å². The standard InChI is InChI=1S/C19H18FN3O3/c20-13-3-1-12(2-4-13)19-23-16-6-5-14(9-17(16)26-19)22-18(24)10-15-11-25-8-7-21-15/h1-6,9,15,21H,7-8,10-11H2,(H,22,24). The molecule has 2 N–H and O–H groups in total. The molecular formula is C19H18FN3O3. The van der Waals surface area contributed by atoms with Crippen LogP contribution in [0.4, 0.5) is 10.1 Å². The number of ether oxygens (including phenoxy) is 1. The van der Waals surface area contributed by atoms with Crippen LogP contribution in [-0.2, 0) is 9.53 Å². The predicted molar refractivity (Wildman–Crippen MR) is 95.3 cm³/mol. The number of rotatable bonds is 4. The molecule has 2 heterocycles. The Morgan fingerprint density at radius 3 is 2.88 bits per heavy atom. The molecule has 6 nitrogen and oxygen atoms in total. The Labute approximate surface area is 149 Å². The van der Waals surface area contributed by atoms with E-state index in [1.807, 2.05) is 0 Å². The van der Waals surface area contributed by atoms with Gasteiger partial charge < -0.3 is 19.8 Å². The third kappa shape index (κ3) is 3.74. The Balaban J connectivity index is 1.48. The SMILES string of the molecule is O=C(CC1COCCN1)Nc1ccc2nc(-c3ccc(F)cc3)oc2c1. The van der Waals surface area contributed by atoms with Crippen LogP contribution in [0.25, 0.3) is 22.6 Å². The van der Waals surface area contributed by atoms with Gasteiger partial charge in [-0.25, -0.2) is 9.37 Å². The molecule has 1 atom stereocenters. The number of nitrogens with one attached hydrogen (secondary N) is 2. The second-order valence-corrected chi connectivity index (χ2v) is 6.19. The highest BCUT2D eigenvalue weighted by atomic mass is 19.1. The van der Waals surface area contributed by atoms with Crippen molar-refractivity contribution in [3.05, 3.63) is 48.3 Å². The third-order valence-corrected chi connectivity index (χ3v) is 4.19. The van der Waals surface area contributed by atoms with Crippen LogP contribution < -0.4 is 10.6 Å². The molecule has 4 rings (SSSR count). The Hall–Kier alpha value is -2.77. The largest absolute Gasteiger partial charge is 0.436 e. The van der Waals surface area contributed by atoms with Crippen LogP contribution in [0.1, 0.15) is 6.42 Å². The van der Waals surface area contributed by atoms with E-state index in [2.05, 4.69) is 15.6 Å². The molecule has 3 aromatic rings. The number of amides is 1. The zero-order chi connectivity index (χ0) is 17.9. The molecule has 1 fully saturated rings. The number of oxazole rings is 1. The molecule has 1 aliphatic rings. The molecule has 134 valence electrons. The van der Waals surface area contributed by atoms with Crippen molar-refractivity contribution < 1.29 is 18.3 Å². The van der Waals surface area contributed by atoms with Gasteiger partial charge in [-0.15, -0.1) is 0 Å². The Bertz CT molecular complexity index is 917. The summed E-state index contributed by atoms with van der Waals surface area (Å²) in [6, 6.07) is 11.3. The van der Waals surface area contributed by atoms with E-state index < -0.39 is 0 Å². The number of halogens is 1. The smallest absolute Gasteiger partial charge is 0.227 e. The first-order chi connectivity index (χ1) is 12.7. The van der Waals surface area contributed by atoms with Crippen molar-refractivity contribution in [1.82, 2.24) is 10.3 Å². The van der Waals surface area contributed by atoms with E-state index in [1.54, 1.807) is 30.3 Å². The number of hydrogen-bond donors (Lipinski definition) is 2. The monoisotopic (exact) mass is 355 g/mol. The summed E-state index contributed by atoms with van der Waals surface area (Å²) in [4.78, 5) is 16.6. The summed E-state index contributed by atoms with van der Waals surface area (Å²) in [5.74, 6) is 0.00497. The molecule has 26 heavy (non-hydrogen) atoms.